The van der Waals surface area contributed by atoms with Crippen LogP contribution in [0.4, 0.5) is 0 Å². The van der Waals surface area contributed by atoms with E-state index in [1.165, 1.54) is 5.56 Å². The Morgan fingerprint density at radius 1 is 0.800 bits per heavy atom. The van der Waals surface area contributed by atoms with E-state index in [4.69, 9.17) is 23.7 Å². The predicted octanol–water partition coefficient (Wildman–Crippen LogP) is 4.76. The van der Waals surface area contributed by atoms with Gasteiger partial charge in [0.2, 0.25) is 0 Å². The van der Waals surface area contributed by atoms with Gasteiger partial charge in [0, 0.05) is 18.7 Å². The molecule has 3 aromatic carbocycles. The van der Waals surface area contributed by atoms with Gasteiger partial charge >= 0.3 is 0 Å². The Kier molecular flexibility index (Phi) is 7.98. The van der Waals surface area contributed by atoms with Gasteiger partial charge in [0.25, 0.3) is 5.91 Å². The molecule has 7 heteroatoms. The minimum absolute atomic E-state index is 0.0506. The van der Waals surface area contributed by atoms with Crippen LogP contribution in [0.15, 0.2) is 60.7 Å². The van der Waals surface area contributed by atoms with Crippen LogP contribution in [-0.4, -0.2) is 51.4 Å². The van der Waals surface area contributed by atoms with Gasteiger partial charge in [0.15, 0.2) is 23.0 Å². The van der Waals surface area contributed by atoms with Crippen LogP contribution in [0.25, 0.3) is 0 Å². The zero-order valence-corrected chi connectivity index (χ0v) is 20.4. The predicted molar refractivity (Wildman–Crippen MR) is 133 cm³/mol. The Labute approximate surface area is 206 Å². The van der Waals surface area contributed by atoms with Crippen LogP contribution in [-0.2, 0) is 13.0 Å². The van der Waals surface area contributed by atoms with Gasteiger partial charge in [-0.15, -0.1) is 0 Å². The Balaban J connectivity index is 1.42. The zero-order chi connectivity index (χ0) is 24.6. The third-order valence-corrected chi connectivity index (χ3v) is 5.85. The molecule has 1 amide bonds. The number of carbonyl (C=O) groups is 1. The van der Waals surface area contributed by atoms with E-state index >= 15 is 0 Å². The summed E-state index contributed by atoms with van der Waals surface area (Å²) in [6.07, 6.45) is 0.752. The molecular formula is C28H31NO6. The number of carbonyl (C=O) groups excluding carboxylic acids is 1. The van der Waals surface area contributed by atoms with E-state index in [0.29, 0.717) is 61.5 Å². The molecule has 0 bridgehead atoms. The topological polar surface area (TPSA) is 66.5 Å². The summed E-state index contributed by atoms with van der Waals surface area (Å²) in [4.78, 5) is 15.2. The number of hydrogen-bond acceptors (Lipinski definition) is 6. The van der Waals surface area contributed by atoms with Crippen molar-refractivity contribution in [2.75, 3.05) is 40.6 Å². The van der Waals surface area contributed by atoms with Crippen LogP contribution in [0.5, 0.6) is 28.7 Å². The molecule has 0 spiro atoms. The number of rotatable bonds is 10. The van der Waals surface area contributed by atoms with Crippen LogP contribution >= 0.6 is 0 Å². The van der Waals surface area contributed by atoms with E-state index in [1.807, 2.05) is 54.3 Å². The lowest BCUT2D eigenvalue weighted by Crippen LogP contribution is -2.36. The second kappa shape index (κ2) is 11.5. The average molecular weight is 478 g/mol. The van der Waals surface area contributed by atoms with E-state index in [-0.39, 0.29) is 5.91 Å². The monoisotopic (exact) mass is 477 g/mol. The number of nitrogens with zero attached hydrogens (tertiary/aromatic N) is 1. The molecule has 184 valence electrons. The standard InChI is InChI=1S/C28H31NO6/c1-4-33-27-17-21(10-11-24(27)35-15-14-34-23-8-6-5-7-9-23)28(30)29-13-12-20-16-25(31-2)26(32-3)18-22(20)19-29/h5-11,16-18H,4,12-15,19H2,1-3H3. The Bertz CT molecular complexity index is 1150. The molecule has 0 N–H and O–H groups in total. The molecule has 0 aliphatic carbocycles. The SMILES string of the molecule is CCOc1cc(C(=O)N2CCc3cc(OC)c(OC)cc3C2)ccc1OCCOc1ccccc1. The first kappa shape index (κ1) is 24.3. The van der Waals surface area contributed by atoms with Crippen LogP contribution in [0.1, 0.15) is 28.4 Å². The lowest BCUT2D eigenvalue weighted by atomic mass is 9.98. The molecular weight excluding hydrogens is 446 g/mol. The summed E-state index contributed by atoms with van der Waals surface area (Å²) in [7, 11) is 3.24. The van der Waals surface area contributed by atoms with E-state index in [9.17, 15) is 4.79 Å². The first-order valence-electron chi connectivity index (χ1n) is 11.7. The maximum Gasteiger partial charge on any atom is 0.254 e. The van der Waals surface area contributed by atoms with Crippen molar-refractivity contribution in [1.29, 1.82) is 0 Å². The van der Waals surface area contributed by atoms with Crippen molar-refractivity contribution in [3.05, 3.63) is 77.4 Å². The molecule has 35 heavy (non-hydrogen) atoms. The number of amides is 1. The highest BCUT2D eigenvalue weighted by Gasteiger charge is 2.24. The second-order valence-corrected chi connectivity index (χ2v) is 8.06. The lowest BCUT2D eigenvalue weighted by Gasteiger charge is -2.30. The second-order valence-electron chi connectivity index (χ2n) is 8.06. The van der Waals surface area contributed by atoms with Crippen LogP contribution in [0.3, 0.4) is 0 Å². The summed E-state index contributed by atoms with van der Waals surface area (Å²) >= 11 is 0. The minimum Gasteiger partial charge on any atom is -0.493 e. The van der Waals surface area contributed by atoms with Gasteiger partial charge in [0.05, 0.1) is 20.8 Å². The van der Waals surface area contributed by atoms with Gasteiger partial charge in [-0.1, -0.05) is 18.2 Å². The first-order chi connectivity index (χ1) is 17.1. The number of para-hydroxylation sites is 1. The maximum atomic E-state index is 13.3. The van der Waals surface area contributed by atoms with Crippen molar-refractivity contribution in [1.82, 2.24) is 4.90 Å². The summed E-state index contributed by atoms with van der Waals surface area (Å²) in [5.41, 5.74) is 2.79. The fourth-order valence-electron chi connectivity index (χ4n) is 4.10. The molecule has 4 rings (SSSR count). The van der Waals surface area contributed by atoms with Gasteiger partial charge in [-0.25, -0.2) is 0 Å². The van der Waals surface area contributed by atoms with E-state index in [1.54, 1.807) is 32.4 Å². The minimum atomic E-state index is -0.0506. The summed E-state index contributed by atoms with van der Waals surface area (Å²) in [5.74, 6) is 3.24. The number of benzene rings is 3. The van der Waals surface area contributed by atoms with Crippen molar-refractivity contribution in [3.63, 3.8) is 0 Å². The summed E-state index contributed by atoms with van der Waals surface area (Å²) in [6.45, 7) is 4.26. The molecule has 1 heterocycles. The summed E-state index contributed by atoms with van der Waals surface area (Å²) < 4.78 is 28.2. The van der Waals surface area contributed by atoms with Gasteiger partial charge < -0.3 is 28.6 Å². The smallest absolute Gasteiger partial charge is 0.254 e. The molecule has 3 aromatic rings. The Morgan fingerprint density at radius 3 is 2.23 bits per heavy atom. The number of fused-ring (bicyclic) bond motifs is 1. The summed E-state index contributed by atoms with van der Waals surface area (Å²) in [6, 6.07) is 18.9. The van der Waals surface area contributed by atoms with Gasteiger partial charge in [-0.2, -0.15) is 0 Å². The Hall–Kier alpha value is -3.87. The molecule has 0 saturated heterocycles. The molecule has 0 unspecified atom stereocenters. The van der Waals surface area contributed by atoms with E-state index < -0.39 is 0 Å². The van der Waals surface area contributed by atoms with Gasteiger partial charge in [-0.3, -0.25) is 4.79 Å². The molecule has 7 nitrogen and oxygen atoms in total. The third kappa shape index (κ3) is 5.80. The number of hydrogen-bond donors (Lipinski definition) is 0. The Morgan fingerprint density at radius 2 is 1.51 bits per heavy atom. The molecule has 0 saturated carbocycles. The molecule has 0 radical (unpaired) electrons. The van der Waals surface area contributed by atoms with Gasteiger partial charge in [-0.05, 0) is 66.9 Å². The molecule has 1 aliphatic rings. The highest BCUT2D eigenvalue weighted by molar-refractivity contribution is 5.95. The van der Waals surface area contributed by atoms with Crippen molar-refractivity contribution >= 4 is 5.91 Å². The molecule has 1 aliphatic heterocycles. The zero-order valence-electron chi connectivity index (χ0n) is 20.4. The molecule has 0 fully saturated rings. The number of methoxy groups -OCH3 is 2. The van der Waals surface area contributed by atoms with Crippen molar-refractivity contribution < 1.29 is 28.5 Å². The quantitative estimate of drug-likeness (QED) is 0.393. The maximum absolute atomic E-state index is 13.3. The van der Waals surface area contributed by atoms with Crippen molar-refractivity contribution in [3.8, 4) is 28.7 Å². The van der Waals surface area contributed by atoms with Crippen molar-refractivity contribution in [2.24, 2.45) is 0 Å². The number of ether oxygens (including phenoxy) is 5. The van der Waals surface area contributed by atoms with Crippen LogP contribution in [0, 0.1) is 0 Å². The molecule has 0 atom stereocenters. The molecule has 0 aromatic heterocycles. The normalized spacial score (nSPS) is 12.5. The third-order valence-electron chi connectivity index (χ3n) is 5.85. The summed E-state index contributed by atoms with van der Waals surface area (Å²) in [5, 5.41) is 0. The van der Waals surface area contributed by atoms with Crippen molar-refractivity contribution in [2.45, 2.75) is 19.9 Å². The van der Waals surface area contributed by atoms with Crippen LogP contribution < -0.4 is 23.7 Å². The van der Waals surface area contributed by atoms with E-state index in [0.717, 1.165) is 17.7 Å². The van der Waals surface area contributed by atoms with E-state index in [2.05, 4.69) is 0 Å². The fraction of sp³-hybridized carbons (Fsp3) is 0.321. The fourth-order valence-corrected chi connectivity index (χ4v) is 4.10. The lowest BCUT2D eigenvalue weighted by molar-refractivity contribution is 0.0733. The first-order valence-corrected chi connectivity index (χ1v) is 11.7. The van der Waals surface area contributed by atoms with Gasteiger partial charge in [0.1, 0.15) is 19.0 Å². The van der Waals surface area contributed by atoms with Crippen LogP contribution in [0.2, 0.25) is 0 Å². The largest absolute Gasteiger partial charge is 0.493 e. The average Bonchev–Trinajstić information content (AvgIpc) is 2.90. The highest BCUT2D eigenvalue weighted by Crippen LogP contribution is 2.34. The highest BCUT2D eigenvalue weighted by atomic mass is 16.5.